The Morgan fingerprint density at radius 2 is 1.67 bits per heavy atom. The molecular formula is C29H25Cl2FN2OS. The molecule has 0 aliphatic carbocycles. The van der Waals surface area contributed by atoms with Crippen LogP contribution in [0.2, 0.25) is 10.0 Å². The lowest BCUT2D eigenvalue weighted by atomic mass is 9.97. The van der Waals surface area contributed by atoms with Crippen LogP contribution in [0.4, 0.5) is 4.39 Å². The maximum absolute atomic E-state index is 14.2. The summed E-state index contributed by atoms with van der Waals surface area (Å²) in [5, 5.41) is 2.07. The molecule has 1 amide bonds. The van der Waals surface area contributed by atoms with Gasteiger partial charge >= 0.3 is 0 Å². The molecule has 1 aliphatic heterocycles. The first-order valence-electron chi connectivity index (χ1n) is 11.9. The molecule has 1 fully saturated rings. The summed E-state index contributed by atoms with van der Waals surface area (Å²) < 4.78 is 14.2. The molecule has 0 saturated carbocycles. The van der Waals surface area contributed by atoms with Crippen molar-refractivity contribution in [1.29, 1.82) is 0 Å². The summed E-state index contributed by atoms with van der Waals surface area (Å²) in [4.78, 5) is 20.9. The highest BCUT2D eigenvalue weighted by Crippen LogP contribution is 2.42. The number of piperidine rings is 1. The van der Waals surface area contributed by atoms with E-state index in [2.05, 4.69) is 31.2 Å². The van der Waals surface area contributed by atoms with Crippen LogP contribution in [0.3, 0.4) is 0 Å². The summed E-state index contributed by atoms with van der Waals surface area (Å²) in [5.41, 5.74) is 4.62. The predicted molar refractivity (Wildman–Crippen MR) is 146 cm³/mol. The summed E-state index contributed by atoms with van der Waals surface area (Å²) >= 11 is 14.0. The van der Waals surface area contributed by atoms with E-state index >= 15 is 0 Å². The Kier molecular flexibility index (Phi) is 7.42. The number of aromatic nitrogens is 1. The van der Waals surface area contributed by atoms with Crippen molar-refractivity contribution in [2.75, 3.05) is 13.1 Å². The number of carbonyl (C=O) groups excluding carboxylic acids is 1. The Bertz CT molecular complexity index is 1290. The SMILES string of the molecule is Cc1ccc(-c2sc(C3CCN(C(=O)Cc4c(F)cccc4Cl)CC3)nc2-c2ccc(Cl)cc2)cc1. The largest absolute Gasteiger partial charge is 0.342 e. The molecule has 0 N–H and O–H groups in total. The third kappa shape index (κ3) is 5.34. The molecule has 0 atom stereocenters. The number of halogens is 3. The minimum Gasteiger partial charge on any atom is -0.342 e. The van der Waals surface area contributed by atoms with Gasteiger partial charge in [-0.25, -0.2) is 9.37 Å². The first-order chi connectivity index (χ1) is 17.4. The van der Waals surface area contributed by atoms with Gasteiger partial charge in [0.2, 0.25) is 5.91 Å². The molecule has 0 radical (unpaired) electrons. The van der Waals surface area contributed by atoms with Gasteiger partial charge in [0.1, 0.15) is 5.82 Å². The van der Waals surface area contributed by atoms with Crippen molar-refractivity contribution in [2.45, 2.75) is 32.1 Å². The van der Waals surface area contributed by atoms with Gasteiger partial charge in [0, 0.05) is 40.2 Å². The Labute approximate surface area is 224 Å². The number of likely N-dealkylation sites (tertiary alicyclic amines) is 1. The van der Waals surface area contributed by atoms with Crippen molar-refractivity contribution < 1.29 is 9.18 Å². The first kappa shape index (κ1) is 24.9. The van der Waals surface area contributed by atoms with E-state index in [0.29, 0.717) is 23.1 Å². The lowest BCUT2D eigenvalue weighted by molar-refractivity contribution is -0.131. The number of hydrogen-bond donors (Lipinski definition) is 0. The lowest BCUT2D eigenvalue weighted by Gasteiger charge is -2.31. The molecule has 4 aromatic rings. The fraction of sp³-hybridized carbons (Fsp3) is 0.241. The zero-order valence-electron chi connectivity index (χ0n) is 19.8. The van der Waals surface area contributed by atoms with E-state index in [0.717, 1.165) is 39.5 Å². The summed E-state index contributed by atoms with van der Waals surface area (Å²) in [6.07, 6.45) is 1.61. The smallest absolute Gasteiger partial charge is 0.227 e. The van der Waals surface area contributed by atoms with Crippen LogP contribution >= 0.6 is 34.5 Å². The molecule has 3 aromatic carbocycles. The van der Waals surface area contributed by atoms with Crippen molar-refractivity contribution in [3.8, 4) is 21.7 Å². The van der Waals surface area contributed by atoms with Gasteiger partial charge in [0.05, 0.1) is 22.0 Å². The van der Waals surface area contributed by atoms with E-state index in [4.69, 9.17) is 28.2 Å². The predicted octanol–water partition coefficient (Wildman–Crippen LogP) is 8.18. The van der Waals surface area contributed by atoms with E-state index in [1.54, 1.807) is 23.5 Å². The highest BCUT2D eigenvalue weighted by atomic mass is 35.5. The lowest BCUT2D eigenvalue weighted by Crippen LogP contribution is -2.39. The molecule has 1 aromatic heterocycles. The van der Waals surface area contributed by atoms with E-state index in [-0.39, 0.29) is 23.8 Å². The quantitative estimate of drug-likeness (QED) is 0.256. The van der Waals surface area contributed by atoms with Gasteiger partial charge in [-0.3, -0.25) is 4.79 Å². The van der Waals surface area contributed by atoms with Gasteiger partial charge in [-0.1, -0.05) is 71.2 Å². The minimum absolute atomic E-state index is 0.0221. The molecule has 0 bridgehead atoms. The molecule has 5 rings (SSSR count). The van der Waals surface area contributed by atoms with E-state index < -0.39 is 5.82 Å². The molecule has 36 heavy (non-hydrogen) atoms. The van der Waals surface area contributed by atoms with Crippen LogP contribution in [0, 0.1) is 12.7 Å². The zero-order chi connectivity index (χ0) is 25.2. The summed E-state index contributed by atoms with van der Waals surface area (Å²) in [6, 6.07) is 20.8. The van der Waals surface area contributed by atoms with Crippen LogP contribution in [0.5, 0.6) is 0 Å². The third-order valence-corrected chi connectivity index (χ3v) is 8.53. The van der Waals surface area contributed by atoms with Crippen molar-refractivity contribution >= 4 is 40.4 Å². The Balaban J connectivity index is 1.35. The van der Waals surface area contributed by atoms with Crippen LogP contribution in [-0.4, -0.2) is 28.9 Å². The van der Waals surface area contributed by atoms with Crippen LogP contribution in [-0.2, 0) is 11.2 Å². The van der Waals surface area contributed by atoms with E-state index in [9.17, 15) is 9.18 Å². The highest BCUT2D eigenvalue weighted by molar-refractivity contribution is 7.15. The van der Waals surface area contributed by atoms with Crippen LogP contribution < -0.4 is 0 Å². The molecular weight excluding hydrogens is 514 g/mol. The number of hydrogen-bond acceptors (Lipinski definition) is 3. The van der Waals surface area contributed by atoms with Crippen molar-refractivity contribution in [3.63, 3.8) is 0 Å². The second-order valence-electron chi connectivity index (χ2n) is 9.13. The number of nitrogens with zero attached hydrogens (tertiary/aromatic N) is 2. The van der Waals surface area contributed by atoms with Gasteiger partial charge in [-0.2, -0.15) is 0 Å². The van der Waals surface area contributed by atoms with Crippen LogP contribution in [0.1, 0.15) is 34.9 Å². The topological polar surface area (TPSA) is 33.2 Å². The molecule has 0 spiro atoms. The fourth-order valence-electron chi connectivity index (χ4n) is 4.56. The molecule has 0 unspecified atom stereocenters. The number of benzene rings is 3. The monoisotopic (exact) mass is 538 g/mol. The molecule has 2 heterocycles. The van der Waals surface area contributed by atoms with Crippen molar-refractivity contribution in [3.05, 3.63) is 98.7 Å². The maximum Gasteiger partial charge on any atom is 0.227 e. The van der Waals surface area contributed by atoms with Gasteiger partial charge < -0.3 is 4.90 Å². The molecule has 184 valence electrons. The van der Waals surface area contributed by atoms with Gasteiger partial charge in [0.25, 0.3) is 0 Å². The second kappa shape index (κ2) is 10.7. The molecule has 3 nitrogen and oxygen atoms in total. The number of aryl methyl sites for hydroxylation is 1. The number of rotatable bonds is 5. The number of carbonyl (C=O) groups is 1. The number of thiazole rings is 1. The van der Waals surface area contributed by atoms with Gasteiger partial charge in [-0.05, 0) is 49.6 Å². The Hall–Kier alpha value is -2.73. The Morgan fingerprint density at radius 3 is 2.33 bits per heavy atom. The zero-order valence-corrected chi connectivity index (χ0v) is 22.1. The van der Waals surface area contributed by atoms with Crippen LogP contribution in [0.25, 0.3) is 21.7 Å². The highest BCUT2D eigenvalue weighted by Gasteiger charge is 2.28. The standard InChI is InChI=1S/C29H25Cl2FN2OS/c1-18-5-7-20(8-6-18)28-27(19-9-11-22(30)12-10-19)33-29(36-28)21-13-15-34(16-14-21)26(35)17-23-24(31)3-2-4-25(23)32/h2-12,21H,13-17H2,1H3. The number of amides is 1. The third-order valence-electron chi connectivity index (χ3n) is 6.66. The summed E-state index contributed by atoms with van der Waals surface area (Å²) in [5.74, 6) is -0.269. The first-order valence-corrected chi connectivity index (χ1v) is 13.5. The summed E-state index contributed by atoms with van der Waals surface area (Å²) in [6.45, 7) is 3.31. The molecule has 7 heteroatoms. The summed E-state index contributed by atoms with van der Waals surface area (Å²) in [7, 11) is 0. The normalized spacial score (nSPS) is 14.3. The molecule has 1 saturated heterocycles. The van der Waals surface area contributed by atoms with E-state index in [1.807, 2.05) is 29.2 Å². The fourth-order valence-corrected chi connectivity index (χ4v) is 6.17. The van der Waals surface area contributed by atoms with Crippen molar-refractivity contribution in [2.24, 2.45) is 0 Å². The average Bonchev–Trinajstić information content (AvgIpc) is 3.33. The second-order valence-corrected chi connectivity index (χ2v) is 11.0. The minimum atomic E-state index is -0.438. The van der Waals surface area contributed by atoms with E-state index in [1.165, 1.54) is 11.6 Å². The maximum atomic E-state index is 14.2. The van der Waals surface area contributed by atoms with Crippen molar-refractivity contribution in [1.82, 2.24) is 9.88 Å². The van der Waals surface area contributed by atoms with Crippen LogP contribution in [0.15, 0.2) is 66.7 Å². The molecule has 1 aliphatic rings. The van der Waals surface area contributed by atoms with Gasteiger partial charge in [0.15, 0.2) is 0 Å². The Morgan fingerprint density at radius 1 is 1.00 bits per heavy atom. The van der Waals surface area contributed by atoms with Gasteiger partial charge in [-0.15, -0.1) is 11.3 Å². The average molecular weight is 540 g/mol.